The molecule has 0 aliphatic heterocycles. The summed E-state index contributed by atoms with van der Waals surface area (Å²) in [5.74, 6) is -0.111. The minimum Gasteiger partial charge on any atom is -0.366 e. The highest BCUT2D eigenvalue weighted by Gasteiger charge is 2.13. The zero-order chi connectivity index (χ0) is 19.3. The van der Waals surface area contributed by atoms with E-state index < -0.39 is 0 Å². The molecule has 2 rings (SSSR count). The number of aromatic nitrogens is 1. The second-order valence-electron chi connectivity index (χ2n) is 6.81. The van der Waals surface area contributed by atoms with Crippen LogP contribution in [-0.2, 0) is 6.42 Å². The van der Waals surface area contributed by atoms with Crippen molar-refractivity contribution in [2.75, 3.05) is 13.6 Å². The van der Waals surface area contributed by atoms with E-state index in [0.717, 1.165) is 29.2 Å². The maximum atomic E-state index is 12.1. The lowest BCUT2D eigenvalue weighted by atomic mass is 10.0. The molecule has 2 aromatic rings. The zero-order valence-corrected chi connectivity index (χ0v) is 17.3. The minimum absolute atomic E-state index is 0.109. The third-order valence-electron chi connectivity index (χ3n) is 4.09. The number of nitrogens with zero attached hydrogens (tertiary/aromatic N) is 3. The largest absolute Gasteiger partial charge is 0.366 e. The monoisotopic (exact) mass is 372 g/mol. The first-order valence-corrected chi connectivity index (χ1v) is 9.78. The van der Waals surface area contributed by atoms with E-state index in [0.29, 0.717) is 5.69 Å². The smallest absolute Gasteiger partial charge is 0.270 e. The number of carbonyl (C=O) groups excluding carboxylic acids is 1. The van der Waals surface area contributed by atoms with Gasteiger partial charge in [0.15, 0.2) is 0 Å². The van der Waals surface area contributed by atoms with Crippen LogP contribution in [0, 0.1) is 13.8 Å². The van der Waals surface area contributed by atoms with E-state index in [2.05, 4.69) is 48.2 Å². The first-order valence-electron chi connectivity index (χ1n) is 8.90. The molecule has 0 radical (unpaired) electrons. The van der Waals surface area contributed by atoms with Crippen LogP contribution < -0.4 is 5.32 Å². The molecule has 1 aromatic carbocycles. The minimum atomic E-state index is -0.111. The summed E-state index contributed by atoms with van der Waals surface area (Å²) >= 11 is 1.53. The van der Waals surface area contributed by atoms with Crippen molar-refractivity contribution in [1.82, 2.24) is 15.2 Å². The van der Waals surface area contributed by atoms with Gasteiger partial charge in [0, 0.05) is 31.4 Å². The molecule has 1 N–H and O–H groups in total. The molecule has 140 valence electrons. The SMILES string of the molecule is CCN(C)C=Nc1cc(C)c(Cc2nc(C(=O)NC(C)C)cs2)cc1C. The number of aliphatic imine (C=N–C) groups is 1. The normalized spacial score (nSPS) is 11.3. The van der Waals surface area contributed by atoms with Gasteiger partial charge in [0.05, 0.1) is 17.0 Å². The molecule has 0 saturated carbocycles. The molecule has 0 unspecified atom stereocenters. The number of nitrogens with one attached hydrogen (secondary N) is 1. The van der Waals surface area contributed by atoms with Gasteiger partial charge in [0.2, 0.25) is 0 Å². The first-order chi connectivity index (χ1) is 12.3. The molecular weight excluding hydrogens is 344 g/mol. The predicted octanol–water partition coefficient (Wildman–Crippen LogP) is 4.10. The summed E-state index contributed by atoms with van der Waals surface area (Å²) in [6.45, 7) is 11.1. The van der Waals surface area contributed by atoms with Gasteiger partial charge >= 0.3 is 0 Å². The van der Waals surface area contributed by atoms with Gasteiger partial charge in [-0.1, -0.05) is 6.07 Å². The van der Waals surface area contributed by atoms with E-state index >= 15 is 0 Å². The van der Waals surface area contributed by atoms with Gasteiger partial charge in [0.1, 0.15) is 5.69 Å². The van der Waals surface area contributed by atoms with Crippen molar-refractivity contribution in [2.24, 2.45) is 4.99 Å². The third-order valence-corrected chi connectivity index (χ3v) is 4.94. The highest BCUT2D eigenvalue weighted by molar-refractivity contribution is 7.09. The van der Waals surface area contributed by atoms with Gasteiger partial charge in [-0.05, 0) is 57.4 Å². The van der Waals surface area contributed by atoms with Crippen LogP contribution in [0.5, 0.6) is 0 Å². The molecule has 1 heterocycles. The fourth-order valence-corrected chi connectivity index (χ4v) is 3.23. The summed E-state index contributed by atoms with van der Waals surface area (Å²) in [6, 6.07) is 4.39. The molecule has 0 saturated heterocycles. The number of hydrogen-bond donors (Lipinski definition) is 1. The van der Waals surface area contributed by atoms with Crippen molar-refractivity contribution in [2.45, 2.75) is 47.1 Å². The second kappa shape index (κ2) is 8.94. The highest BCUT2D eigenvalue weighted by atomic mass is 32.1. The number of rotatable bonds is 7. The fourth-order valence-electron chi connectivity index (χ4n) is 2.43. The summed E-state index contributed by atoms with van der Waals surface area (Å²) < 4.78 is 0. The van der Waals surface area contributed by atoms with Crippen LogP contribution in [0.3, 0.4) is 0 Å². The number of carbonyl (C=O) groups is 1. The first kappa shape index (κ1) is 20.1. The Morgan fingerprint density at radius 2 is 2.08 bits per heavy atom. The van der Waals surface area contributed by atoms with Crippen molar-refractivity contribution in [3.63, 3.8) is 0 Å². The average molecular weight is 373 g/mol. The molecule has 0 bridgehead atoms. The van der Waals surface area contributed by atoms with E-state index in [9.17, 15) is 4.79 Å². The summed E-state index contributed by atoms with van der Waals surface area (Å²) in [6.07, 6.45) is 2.59. The number of thiazole rings is 1. The maximum Gasteiger partial charge on any atom is 0.270 e. The van der Waals surface area contributed by atoms with Crippen LogP contribution in [0.4, 0.5) is 5.69 Å². The molecule has 1 aromatic heterocycles. The van der Waals surface area contributed by atoms with Gasteiger partial charge in [0.25, 0.3) is 5.91 Å². The summed E-state index contributed by atoms with van der Waals surface area (Å²) in [5, 5.41) is 5.65. The van der Waals surface area contributed by atoms with Gasteiger partial charge in [-0.2, -0.15) is 0 Å². The Bertz CT molecular complexity index is 795. The second-order valence-corrected chi connectivity index (χ2v) is 7.76. The van der Waals surface area contributed by atoms with Crippen molar-refractivity contribution in [3.05, 3.63) is 44.9 Å². The van der Waals surface area contributed by atoms with Gasteiger partial charge in [-0.25, -0.2) is 9.98 Å². The number of amides is 1. The van der Waals surface area contributed by atoms with E-state index in [-0.39, 0.29) is 11.9 Å². The van der Waals surface area contributed by atoms with Crippen LogP contribution in [0.1, 0.15) is 53.0 Å². The van der Waals surface area contributed by atoms with Crippen molar-refractivity contribution < 1.29 is 4.79 Å². The molecule has 0 aliphatic rings. The molecule has 6 heteroatoms. The molecule has 5 nitrogen and oxygen atoms in total. The van der Waals surface area contributed by atoms with Crippen LogP contribution >= 0.6 is 11.3 Å². The summed E-state index contributed by atoms with van der Waals surface area (Å²) in [7, 11) is 2.01. The Labute approximate surface area is 160 Å². The Kier molecular flexibility index (Phi) is 6.91. The Hall–Kier alpha value is -2.21. The fraction of sp³-hybridized carbons (Fsp3) is 0.450. The van der Waals surface area contributed by atoms with Gasteiger partial charge < -0.3 is 10.2 Å². The Balaban J connectivity index is 2.15. The Morgan fingerprint density at radius 3 is 2.73 bits per heavy atom. The standard InChI is InChI=1S/C20H28N4OS/c1-7-24(6)12-21-17-9-14(4)16(8-15(17)5)10-19-23-18(11-26-19)20(25)22-13(2)3/h8-9,11-13H,7,10H2,1-6H3,(H,22,25). The molecule has 0 fully saturated rings. The van der Waals surface area contributed by atoms with Crippen LogP contribution in [-0.4, -0.2) is 41.8 Å². The van der Waals surface area contributed by atoms with E-state index in [1.807, 2.05) is 37.5 Å². The van der Waals surface area contributed by atoms with Crippen molar-refractivity contribution in [1.29, 1.82) is 0 Å². The molecule has 0 atom stereocenters. The number of hydrogen-bond acceptors (Lipinski definition) is 4. The third kappa shape index (κ3) is 5.39. The van der Waals surface area contributed by atoms with Crippen molar-refractivity contribution >= 4 is 29.3 Å². The van der Waals surface area contributed by atoms with Crippen LogP contribution in [0.15, 0.2) is 22.5 Å². The lowest BCUT2D eigenvalue weighted by Gasteiger charge is -2.11. The predicted molar refractivity (Wildman–Crippen MR) is 110 cm³/mol. The number of benzene rings is 1. The van der Waals surface area contributed by atoms with Gasteiger partial charge in [-0.3, -0.25) is 4.79 Å². The lowest BCUT2D eigenvalue weighted by Crippen LogP contribution is -2.30. The molecule has 26 heavy (non-hydrogen) atoms. The molecular formula is C20H28N4OS. The van der Waals surface area contributed by atoms with Crippen LogP contribution in [0.25, 0.3) is 0 Å². The zero-order valence-electron chi connectivity index (χ0n) is 16.5. The summed E-state index contributed by atoms with van der Waals surface area (Å²) in [5.41, 5.74) is 5.03. The number of aryl methyl sites for hydroxylation is 2. The maximum absolute atomic E-state index is 12.1. The molecule has 0 spiro atoms. The lowest BCUT2D eigenvalue weighted by molar-refractivity contribution is 0.0938. The topological polar surface area (TPSA) is 57.6 Å². The average Bonchev–Trinajstić information content (AvgIpc) is 3.04. The summed E-state index contributed by atoms with van der Waals surface area (Å²) in [4.78, 5) is 23.2. The van der Waals surface area contributed by atoms with E-state index in [1.165, 1.54) is 22.5 Å². The molecule has 1 amide bonds. The van der Waals surface area contributed by atoms with Crippen LogP contribution in [0.2, 0.25) is 0 Å². The highest BCUT2D eigenvalue weighted by Crippen LogP contribution is 2.25. The van der Waals surface area contributed by atoms with Crippen molar-refractivity contribution in [3.8, 4) is 0 Å². The quantitative estimate of drug-likeness (QED) is 0.588. The molecule has 0 aliphatic carbocycles. The van der Waals surface area contributed by atoms with E-state index in [1.54, 1.807) is 0 Å². The van der Waals surface area contributed by atoms with E-state index in [4.69, 9.17) is 0 Å². The Morgan fingerprint density at radius 1 is 1.35 bits per heavy atom. The van der Waals surface area contributed by atoms with Gasteiger partial charge in [-0.15, -0.1) is 11.3 Å².